The van der Waals surface area contributed by atoms with E-state index >= 15 is 0 Å². The molecular weight excluding hydrogens is 218 g/mol. The topological polar surface area (TPSA) is 58.6 Å². The van der Waals surface area contributed by atoms with Gasteiger partial charge < -0.3 is 15.2 Å². The molecule has 0 fully saturated rings. The van der Waals surface area contributed by atoms with Gasteiger partial charge >= 0.3 is 0 Å². The van der Waals surface area contributed by atoms with Gasteiger partial charge in [0, 0.05) is 26.0 Å². The zero-order valence-corrected chi connectivity index (χ0v) is 10.3. The Kier molecular flexibility index (Phi) is 5.49. The first kappa shape index (κ1) is 13.5. The number of benzene rings is 1. The van der Waals surface area contributed by atoms with Crippen molar-refractivity contribution >= 4 is 5.91 Å². The smallest absolute Gasteiger partial charge is 0.216 e. The molecular formula is C13H19NO3. The molecule has 0 aromatic heterocycles. The number of aliphatic hydroxyl groups excluding tert-OH is 1. The summed E-state index contributed by atoms with van der Waals surface area (Å²) in [6.07, 6.45) is 0.737. The molecule has 94 valence electrons. The fourth-order valence-electron chi connectivity index (χ4n) is 1.58. The second kappa shape index (κ2) is 6.91. The molecule has 1 unspecified atom stereocenters. The Morgan fingerprint density at radius 3 is 2.53 bits per heavy atom. The molecule has 1 atom stereocenters. The van der Waals surface area contributed by atoms with Crippen LogP contribution in [0.25, 0.3) is 0 Å². The molecule has 17 heavy (non-hydrogen) atoms. The maximum atomic E-state index is 10.8. The Labute approximate surface area is 102 Å². The van der Waals surface area contributed by atoms with E-state index in [1.165, 1.54) is 6.92 Å². The number of hydrogen-bond donors (Lipinski definition) is 2. The third-order valence-electron chi connectivity index (χ3n) is 2.58. The van der Waals surface area contributed by atoms with Crippen molar-refractivity contribution in [3.63, 3.8) is 0 Å². The summed E-state index contributed by atoms with van der Waals surface area (Å²) in [5, 5.41) is 11.9. The minimum atomic E-state index is -0.0711. The highest BCUT2D eigenvalue weighted by Crippen LogP contribution is 2.14. The number of amides is 1. The van der Waals surface area contributed by atoms with Crippen LogP contribution < -0.4 is 10.1 Å². The molecule has 0 saturated carbocycles. The van der Waals surface area contributed by atoms with Gasteiger partial charge in [-0.1, -0.05) is 12.1 Å². The molecule has 0 aliphatic heterocycles. The summed E-state index contributed by atoms with van der Waals surface area (Å²) >= 11 is 0. The monoisotopic (exact) mass is 237 g/mol. The minimum absolute atomic E-state index is 0.0484. The number of methoxy groups -OCH3 is 1. The first-order valence-corrected chi connectivity index (χ1v) is 5.64. The molecule has 0 saturated heterocycles. The van der Waals surface area contributed by atoms with Crippen molar-refractivity contribution in [1.29, 1.82) is 0 Å². The quantitative estimate of drug-likeness (QED) is 0.775. The molecule has 0 heterocycles. The van der Waals surface area contributed by atoms with Crippen molar-refractivity contribution in [2.75, 3.05) is 20.3 Å². The van der Waals surface area contributed by atoms with E-state index in [1.54, 1.807) is 7.11 Å². The molecule has 1 aromatic carbocycles. The second-order valence-corrected chi connectivity index (χ2v) is 4.04. The highest BCUT2D eigenvalue weighted by atomic mass is 16.5. The van der Waals surface area contributed by atoms with Crippen LogP contribution in [-0.4, -0.2) is 31.3 Å². The zero-order valence-electron chi connectivity index (χ0n) is 10.3. The average Bonchev–Trinajstić information content (AvgIpc) is 2.35. The Balaban J connectivity index is 2.51. The van der Waals surface area contributed by atoms with Crippen LogP contribution in [0.2, 0.25) is 0 Å². The lowest BCUT2D eigenvalue weighted by molar-refractivity contribution is -0.119. The van der Waals surface area contributed by atoms with E-state index in [-0.39, 0.29) is 18.4 Å². The number of rotatable bonds is 6. The van der Waals surface area contributed by atoms with Gasteiger partial charge in [0.15, 0.2) is 0 Å². The fourth-order valence-corrected chi connectivity index (χ4v) is 1.58. The van der Waals surface area contributed by atoms with Crippen molar-refractivity contribution in [2.24, 2.45) is 5.92 Å². The molecule has 1 rings (SSSR count). The van der Waals surface area contributed by atoms with Crippen molar-refractivity contribution < 1.29 is 14.6 Å². The van der Waals surface area contributed by atoms with Crippen molar-refractivity contribution in [3.05, 3.63) is 29.8 Å². The van der Waals surface area contributed by atoms with Crippen molar-refractivity contribution in [1.82, 2.24) is 5.32 Å². The Hall–Kier alpha value is -1.55. The van der Waals surface area contributed by atoms with Gasteiger partial charge in [-0.2, -0.15) is 0 Å². The van der Waals surface area contributed by atoms with Crippen LogP contribution in [0.4, 0.5) is 0 Å². The second-order valence-electron chi connectivity index (χ2n) is 4.04. The average molecular weight is 237 g/mol. The van der Waals surface area contributed by atoms with E-state index in [4.69, 9.17) is 4.74 Å². The van der Waals surface area contributed by atoms with Crippen LogP contribution in [0.1, 0.15) is 12.5 Å². The zero-order chi connectivity index (χ0) is 12.7. The SMILES string of the molecule is COc1ccc(CC(CO)CNC(C)=O)cc1. The highest BCUT2D eigenvalue weighted by molar-refractivity contribution is 5.72. The molecule has 4 nitrogen and oxygen atoms in total. The molecule has 4 heteroatoms. The van der Waals surface area contributed by atoms with Crippen LogP contribution in [0.15, 0.2) is 24.3 Å². The summed E-state index contributed by atoms with van der Waals surface area (Å²) in [6.45, 7) is 2.03. The Bertz CT molecular complexity index is 348. The highest BCUT2D eigenvalue weighted by Gasteiger charge is 2.09. The number of nitrogens with one attached hydrogen (secondary N) is 1. The van der Waals surface area contributed by atoms with Gasteiger partial charge in [-0.15, -0.1) is 0 Å². The Morgan fingerprint density at radius 1 is 1.41 bits per heavy atom. The predicted octanol–water partition coefficient (Wildman–Crippen LogP) is 0.982. The molecule has 0 spiro atoms. The summed E-state index contributed by atoms with van der Waals surface area (Å²) in [4.78, 5) is 10.8. The lowest BCUT2D eigenvalue weighted by atomic mass is 10.00. The maximum absolute atomic E-state index is 10.8. The number of carbonyl (C=O) groups is 1. The maximum Gasteiger partial charge on any atom is 0.216 e. The van der Waals surface area contributed by atoms with E-state index < -0.39 is 0 Å². The predicted molar refractivity (Wildman–Crippen MR) is 66.0 cm³/mol. The molecule has 1 aromatic rings. The van der Waals surface area contributed by atoms with Gasteiger partial charge in [0.05, 0.1) is 7.11 Å². The van der Waals surface area contributed by atoms with Gasteiger partial charge in [0.1, 0.15) is 5.75 Å². The van der Waals surface area contributed by atoms with Gasteiger partial charge in [0.25, 0.3) is 0 Å². The van der Waals surface area contributed by atoms with E-state index in [0.29, 0.717) is 6.54 Å². The third-order valence-corrected chi connectivity index (χ3v) is 2.58. The van der Waals surface area contributed by atoms with E-state index in [9.17, 15) is 9.90 Å². The molecule has 1 amide bonds. The molecule has 0 bridgehead atoms. The van der Waals surface area contributed by atoms with E-state index in [2.05, 4.69) is 5.32 Å². The van der Waals surface area contributed by atoms with Gasteiger partial charge in [-0.25, -0.2) is 0 Å². The largest absolute Gasteiger partial charge is 0.497 e. The van der Waals surface area contributed by atoms with Gasteiger partial charge in [-0.05, 0) is 24.1 Å². The van der Waals surface area contributed by atoms with Crippen LogP contribution in [0, 0.1) is 5.92 Å². The van der Waals surface area contributed by atoms with E-state index in [1.807, 2.05) is 24.3 Å². The first-order valence-electron chi connectivity index (χ1n) is 5.64. The lowest BCUT2D eigenvalue weighted by Crippen LogP contribution is -2.30. The fraction of sp³-hybridized carbons (Fsp3) is 0.462. The summed E-state index contributed by atoms with van der Waals surface area (Å²) in [6, 6.07) is 7.72. The lowest BCUT2D eigenvalue weighted by Gasteiger charge is -2.14. The van der Waals surface area contributed by atoms with Crippen LogP contribution >= 0.6 is 0 Å². The number of aliphatic hydroxyl groups is 1. The van der Waals surface area contributed by atoms with E-state index in [0.717, 1.165) is 17.7 Å². The third kappa shape index (κ3) is 4.87. The summed E-state index contributed by atoms with van der Waals surface area (Å²) in [5.74, 6) is 0.793. The van der Waals surface area contributed by atoms with Crippen molar-refractivity contribution in [3.8, 4) is 5.75 Å². The first-order chi connectivity index (χ1) is 8.15. The van der Waals surface area contributed by atoms with Crippen molar-refractivity contribution in [2.45, 2.75) is 13.3 Å². The Morgan fingerprint density at radius 2 is 2.06 bits per heavy atom. The normalized spacial score (nSPS) is 11.9. The molecule has 0 aliphatic rings. The molecule has 0 radical (unpaired) electrons. The van der Waals surface area contributed by atoms with Gasteiger partial charge in [-0.3, -0.25) is 4.79 Å². The number of ether oxygens (including phenoxy) is 1. The number of carbonyl (C=O) groups excluding carboxylic acids is 1. The standard InChI is InChI=1S/C13H19NO3/c1-10(16)14-8-12(9-15)7-11-3-5-13(17-2)6-4-11/h3-6,12,15H,7-9H2,1-2H3,(H,14,16). The van der Waals surface area contributed by atoms with Crippen LogP contribution in [-0.2, 0) is 11.2 Å². The van der Waals surface area contributed by atoms with Crippen LogP contribution in [0.3, 0.4) is 0 Å². The van der Waals surface area contributed by atoms with Crippen LogP contribution in [0.5, 0.6) is 5.75 Å². The number of hydrogen-bond acceptors (Lipinski definition) is 3. The summed E-state index contributed by atoms with van der Waals surface area (Å²) in [5.41, 5.74) is 1.12. The summed E-state index contributed by atoms with van der Waals surface area (Å²) in [7, 11) is 1.63. The minimum Gasteiger partial charge on any atom is -0.497 e. The van der Waals surface area contributed by atoms with Gasteiger partial charge in [0.2, 0.25) is 5.91 Å². The molecule has 0 aliphatic carbocycles. The summed E-state index contributed by atoms with van der Waals surface area (Å²) < 4.78 is 5.07. The molecule has 2 N–H and O–H groups in total.